The molecule has 2 aromatic rings. The molecule has 0 spiro atoms. The van der Waals surface area contributed by atoms with Crippen molar-refractivity contribution >= 4 is 10.9 Å². The highest BCUT2D eigenvalue weighted by atomic mass is 15.0. The van der Waals surface area contributed by atoms with Crippen molar-refractivity contribution in [3.63, 3.8) is 0 Å². The van der Waals surface area contributed by atoms with Crippen LogP contribution in [0.5, 0.6) is 0 Å². The van der Waals surface area contributed by atoms with Crippen molar-refractivity contribution in [3.8, 4) is 0 Å². The van der Waals surface area contributed by atoms with Crippen LogP contribution in [0.3, 0.4) is 0 Å². The van der Waals surface area contributed by atoms with Crippen LogP contribution in [0.2, 0.25) is 0 Å². The quantitative estimate of drug-likeness (QED) is 0.853. The lowest BCUT2D eigenvalue weighted by Gasteiger charge is -2.23. The van der Waals surface area contributed by atoms with E-state index >= 15 is 0 Å². The van der Waals surface area contributed by atoms with Crippen molar-refractivity contribution in [2.75, 3.05) is 13.6 Å². The third-order valence-corrected chi connectivity index (χ3v) is 4.77. The highest BCUT2D eigenvalue weighted by molar-refractivity contribution is 5.89. The van der Waals surface area contributed by atoms with Gasteiger partial charge in [0, 0.05) is 17.6 Å². The summed E-state index contributed by atoms with van der Waals surface area (Å²) in [5.74, 6) is 0.824. The molecule has 2 nitrogen and oxygen atoms in total. The lowest BCUT2D eigenvalue weighted by Crippen LogP contribution is -2.25. The minimum atomic E-state index is 0.824. The molecule has 0 saturated carbocycles. The largest absolute Gasteiger partial charge is 0.344 e. The topological polar surface area (TPSA) is 17.0 Å². The van der Waals surface area contributed by atoms with Gasteiger partial charge in [-0.25, -0.2) is 0 Å². The Balaban J connectivity index is 1.88. The number of fused-ring (bicyclic) bond motifs is 3. The summed E-state index contributed by atoms with van der Waals surface area (Å²) >= 11 is 0. The van der Waals surface area contributed by atoms with E-state index in [1.54, 1.807) is 27.7 Å². The van der Waals surface area contributed by atoms with Crippen LogP contribution in [0, 0.1) is 5.92 Å². The predicted molar refractivity (Wildman–Crippen MR) is 75.1 cm³/mol. The molecule has 94 valence electrons. The number of nitrogens with one attached hydrogen (secondary N) is 1. The fourth-order valence-electron chi connectivity index (χ4n) is 4.00. The third kappa shape index (κ3) is 1.33. The van der Waals surface area contributed by atoms with E-state index < -0.39 is 0 Å². The number of nitrogens with zero attached hydrogens (tertiary/aromatic N) is 1. The Hall–Kier alpha value is -1.28. The zero-order valence-corrected chi connectivity index (χ0v) is 11.0. The van der Waals surface area contributed by atoms with Gasteiger partial charge in [0.25, 0.3) is 0 Å². The van der Waals surface area contributed by atoms with Crippen LogP contribution in [0.4, 0.5) is 0 Å². The fourth-order valence-corrected chi connectivity index (χ4v) is 4.00. The van der Waals surface area contributed by atoms with E-state index in [4.69, 9.17) is 0 Å². The fraction of sp³-hybridized carbons (Fsp3) is 0.500. The molecule has 4 rings (SSSR count). The number of rotatable bonds is 2. The van der Waals surface area contributed by atoms with E-state index in [0.717, 1.165) is 12.5 Å². The number of aryl methyl sites for hydroxylation is 2. The lowest BCUT2D eigenvalue weighted by atomic mass is 9.86. The van der Waals surface area contributed by atoms with Gasteiger partial charge in [-0.05, 0) is 56.3 Å². The molecule has 1 aliphatic heterocycles. The number of aromatic nitrogens is 1. The molecular weight excluding hydrogens is 220 g/mol. The summed E-state index contributed by atoms with van der Waals surface area (Å²) in [7, 11) is 2.07. The molecule has 1 aromatic carbocycles. The summed E-state index contributed by atoms with van der Waals surface area (Å²) in [5.41, 5.74) is 6.40. The number of benzene rings is 1. The van der Waals surface area contributed by atoms with Crippen molar-refractivity contribution in [2.45, 2.75) is 32.2 Å². The average Bonchev–Trinajstić information content (AvgIpc) is 2.95. The maximum absolute atomic E-state index is 3.34. The van der Waals surface area contributed by atoms with Crippen molar-refractivity contribution < 1.29 is 0 Å². The number of hydrogen-bond donors (Lipinski definition) is 1. The molecule has 0 saturated heterocycles. The standard InChI is InChI=1S/C16H20N2/c1-17-10-11-5-6-15-14(9-11)13-4-2-3-12-7-8-18(15)16(12)13/h2-4,11,17H,5-10H2,1H3. The first kappa shape index (κ1) is 10.6. The first-order chi connectivity index (χ1) is 8.88. The van der Waals surface area contributed by atoms with Gasteiger partial charge in [0.2, 0.25) is 0 Å². The van der Waals surface area contributed by atoms with Crippen molar-refractivity contribution in [2.24, 2.45) is 5.92 Å². The molecule has 0 radical (unpaired) electrons. The monoisotopic (exact) mass is 240 g/mol. The second kappa shape index (κ2) is 3.86. The van der Waals surface area contributed by atoms with Crippen molar-refractivity contribution in [1.82, 2.24) is 9.88 Å². The van der Waals surface area contributed by atoms with Gasteiger partial charge < -0.3 is 9.88 Å². The van der Waals surface area contributed by atoms with Crippen LogP contribution in [0.1, 0.15) is 23.2 Å². The summed E-state index contributed by atoms with van der Waals surface area (Å²) in [6.07, 6.45) is 5.12. The van der Waals surface area contributed by atoms with Gasteiger partial charge in [-0.15, -0.1) is 0 Å². The minimum Gasteiger partial charge on any atom is -0.344 e. The van der Waals surface area contributed by atoms with Crippen LogP contribution in [-0.2, 0) is 25.8 Å². The van der Waals surface area contributed by atoms with E-state index in [1.165, 1.54) is 32.2 Å². The molecule has 1 N–H and O–H groups in total. The van der Waals surface area contributed by atoms with E-state index in [1.807, 2.05) is 0 Å². The van der Waals surface area contributed by atoms with Gasteiger partial charge >= 0.3 is 0 Å². The van der Waals surface area contributed by atoms with Crippen LogP contribution in [0.15, 0.2) is 18.2 Å². The average molecular weight is 240 g/mol. The molecular formula is C16H20N2. The smallest absolute Gasteiger partial charge is 0.0518 e. The van der Waals surface area contributed by atoms with Gasteiger partial charge in [-0.1, -0.05) is 18.2 Å². The number of para-hydroxylation sites is 1. The minimum absolute atomic E-state index is 0.824. The van der Waals surface area contributed by atoms with Gasteiger partial charge in [0.15, 0.2) is 0 Å². The van der Waals surface area contributed by atoms with E-state index in [2.05, 4.69) is 35.1 Å². The maximum atomic E-state index is 3.34. The number of hydrogen-bond acceptors (Lipinski definition) is 1. The molecule has 1 atom stereocenters. The first-order valence-corrected chi connectivity index (χ1v) is 7.15. The highest BCUT2D eigenvalue weighted by Gasteiger charge is 2.27. The van der Waals surface area contributed by atoms with Gasteiger partial charge in [0.1, 0.15) is 0 Å². The Morgan fingerprint density at radius 3 is 3.17 bits per heavy atom. The molecule has 1 aromatic heterocycles. The molecule has 0 amide bonds. The summed E-state index contributed by atoms with van der Waals surface area (Å²) < 4.78 is 2.61. The molecule has 1 unspecified atom stereocenters. The molecule has 1 aliphatic carbocycles. The molecule has 0 bridgehead atoms. The second-order valence-corrected chi connectivity index (χ2v) is 5.81. The summed E-state index contributed by atoms with van der Waals surface area (Å²) in [6.45, 7) is 2.37. The van der Waals surface area contributed by atoms with E-state index in [0.29, 0.717) is 0 Å². The van der Waals surface area contributed by atoms with Crippen molar-refractivity contribution in [3.05, 3.63) is 35.0 Å². The third-order valence-electron chi connectivity index (χ3n) is 4.77. The van der Waals surface area contributed by atoms with Crippen LogP contribution < -0.4 is 5.32 Å². The molecule has 2 aliphatic rings. The van der Waals surface area contributed by atoms with Crippen LogP contribution in [0.25, 0.3) is 10.9 Å². The molecule has 0 fully saturated rings. The van der Waals surface area contributed by atoms with Crippen LogP contribution >= 0.6 is 0 Å². The van der Waals surface area contributed by atoms with Crippen LogP contribution in [-0.4, -0.2) is 18.2 Å². The van der Waals surface area contributed by atoms with Gasteiger partial charge in [-0.2, -0.15) is 0 Å². The van der Waals surface area contributed by atoms with E-state index in [9.17, 15) is 0 Å². The Kier molecular flexibility index (Phi) is 2.28. The summed E-state index contributed by atoms with van der Waals surface area (Å²) in [6, 6.07) is 6.89. The molecule has 2 heteroatoms. The lowest BCUT2D eigenvalue weighted by molar-refractivity contribution is 0.432. The molecule has 2 heterocycles. The van der Waals surface area contributed by atoms with Gasteiger partial charge in [0.05, 0.1) is 5.52 Å². The second-order valence-electron chi connectivity index (χ2n) is 5.81. The first-order valence-electron chi connectivity index (χ1n) is 7.15. The highest BCUT2D eigenvalue weighted by Crippen LogP contribution is 2.38. The van der Waals surface area contributed by atoms with Crippen molar-refractivity contribution in [1.29, 1.82) is 0 Å². The van der Waals surface area contributed by atoms with Gasteiger partial charge in [-0.3, -0.25) is 0 Å². The zero-order chi connectivity index (χ0) is 12.1. The predicted octanol–water partition coefficient (Wildman–Crippen LogP) is 2.52. The Morgan fingerprint density at radius 1 is 1.33 bits per heavy atom. The normalized spacial score (nSPS) is 21.5. The Morgan fingerprint density at radius 2 is 2.28 bits per heavy atom. The summed E-state index contributed by atoms with van der Waals surface area (Å²) in [4.78, 5) is 0. The van der Waals surface area contributed by atoms with E-state index in [-0.39, 0.29) is 0 Å². The zero-order valence-electron chi connectivity index (χ0n) is 11.0. The Labute approximate surface area is 108 Å². The Bertz CT molecular complexity index is 609. The SMILES string of the molecule is CNCC1CCc2c(c3cccc4c3n2CC4)C1. The summed E-state index contributed by atoms with van der Waals surface area (Å²) in [5, 5.41) is 4.88. The maximum Gasteiger partial charge on any atom is 0.0518 e. The molecule has 18 heavy (non-hydrogen) atoms.